The van der Waals surface area contributed by atoms with E-state index in [1.165, 1.54) is 11.8 Å². The smallest absolute Gasteiger partial charge is 0.253 e. The predicted molar refractivity (Wildman–Crippen MR) is 148 cm³/mol. The lowest BCUT2D eigenvalue weighted by Gasteiger charge is -2.21. The molecule has 0 saturated heterocycles. The fraction of sp³-hybridized carbons (Fsp3) is 0.333. The van der Waals surface area contributed by atoms with E-state index in [1.807, 2.05) is 23.6 Å². The number of allylic oxidation sites excluding steroid dienone is 1. The summed E-state index contributed by atoms with van der Waals surface area (Å²) in [5.41, 5.74) is 1.08. The van der Waals surface area contributed by atoms with Gasteiger partial charge in [0.05, 0.1) is 29.0 Å². The number of thioether (sulfide) groups is 1. The summed E-state index contributed by atoms with van der Waals surface area (Å²) in [5, 5.41) is 15.6. The summed E-state index contributed by atoms with van der Waals surface area (Å²) in [5.74, 6) is 1.31. The van der Waals surface area contributed by atoms with Gasteiger partial charge in [-0.25, -0.2) is 0 Å². The van der Waals surface area contributed by atoms with Gasteiger partial charge in [-0.3, -0.25) is 9.59 Å². The fourth-order valence-corrected chi connectivity index (χ4v) is 4.65. The number of ether oxygens (including phenoxy) is 1. The summed E-state index contributed by atoms with van der Waals surface area (Å²) >= 11 is 7.51. The van der Waals surface area contributed by atoms with Crippen molar-refractivity contribution in [2.24, 2.45) is 5.92 Å². The lowest BCUT2D eigenvalue weighted by molar-refractivity contribution is -0.113. The van der Waals surface area contributed by atoms with E-state index in [9.17, 15) is 9.59 Å². The molecule has 0 bridgehead atoms. The maximum atomic E-state index is 13.0. The molecule has 10 heteroatoms. The first-order chi connectivity index (χ1) is 17.8. The van der Waals surface area contributed by atoms with Gasteiger partial charge in [0, 0.05) is 12.2 Å². The number of benzene rings is 2. The van der Waals surface area contributed by atoms with Gasteiger partial charge in [-0.15, -0.1) is 16.8 Å². The Balaban J connectivity index is 1.73. The van der Waals surface area contributed by atoms with Crippen LogP contribution in [-0.2, 0) is 11.3 Å². The molecular formula is C27H32ClN5O3S. The van der Waals surface area contributed by atoms with Crippen molar-refractivity contribution in [2.45, 2.75) is 44.9 Å². The molecule has 0 aliphatic rings. The highest BCUT2D eigenvalue weighted by molar-refractivity contribution is 7.99. The molecule has 0 spiro atoms. The van der Waals surface area contributed by atoms with E-state index in [4.69, 9.17) is 16.3 Å². The van der Waals surface area contributed by atoms with Gasteiger partial charge in [-0.1, -0.05) is 55.4 Å². The minimum absolute atomic E-state index is 0.142. The Morgan fingerprint density at radius 1 is 1.16 bits per heavy atom. The zero-order chi connectivity index (χ0) is 26.8. The highest BCUT2D eigenvalue weighted by atomic mass is 35.5. The molecule has 0 aliphatic carbocycles. The molecule has 2 N–H and O–H groups in total. The van der Waals surface area contributed by atoms with Gasteiger partial charge >= 0.3 is 0 Å². The summed E-state index contributed by atoms with van der Waals surface area (Å²) in [7, 11) is 0. The molecule has 0 unspecified atom stereocenters. The quantitative estimate of drug-likeness (QED) is 0.211. The standard InChI is InChI=1S/C27H32ClN5O3S/c1-5-15-33-25(23(16-18(3)4)30-26(35)21-9-7-8-10-22(21)28)31-32-27(33)37-17-24(34)29-19-11-13-20(14-12-19)36-6-2/h5,7-14,18,23H,1,6,15-17H2,2-4H3,(H,29,34)(H,30,35)/t23-/m0/s1. The van der Waals surface area contributed by atoms with Gasteiger partial charge < -0.3 is 19.9 Å². The van der Waals surface area contributed by atoms with Crippen LogP contribution in [0.5, 0.6) is 5.75 Å². The average Bonchev–Trinajstić information content (AvgIpc) is 3.26. The first kappa shape index (κ1) is 28.3. The van der Waals surface area contributed by atoms with Crippen LogP contribution in [0.3, 0.4) is 0 Å². The SMILES string of the molecule is C=CCn1c(SCC(=O)Nc2ccc(OCC)cc2)nnc1[C@H](CC(C)C)NC(=O)c1ccccc1Cl. The number of rotatable bonds is 13. The van der Waals surface area contributed by atoms with Gasteiger partial charge in [0.2, 0.25) is 5.91 Å². The van der Waals surface area contributed by atoms with Crippen LogP contribution in [0, 0.1) is 5.92 Å². The topological polar surface area (TPSA) is 98.1 Å². The van der Waals surface area contributed by atoms with Gasteiger partial charge in [0.25, 0.3) is 5.91 Å². The Bertz CT molecular complexity index is 1210. The van der Waals surface area contributed by atoms with E-state index < -0.39 is 6.04 Å². The number of amides is 2. The first-order valence-corrected chi connectivity index (χ1v) is 13.4. The normalized spacial score (nSPS) is 11.7. The average molecular weight is 542 g/mol. The van der Waals surface area contributed by atoms with Crippen molar-refractivity contribution in [3.8, 4) is 5.75 Å². The zero-order valence-corrected chi connectivity index (χ0v) is 22.8. The minimum Gasteiger partial charge on any atom is -0.494 e. The Morgan fingerprint density at radius 3 is 2.54 bits per heavy atom. The maximum Gasteiger partial charge on any atom is 0.253 e. The van der Waals surface area contributed by atoms with E-state index in [0.29, 0.717) is 46.8 Å². The molecule has 2 aromatic carbocycles. The molecule has 0 saturated carbocycles. The Labute approximate surface area is 226 Å². The molecule has 1 aromatic heterocycles. The van der Waals surface area contributed by atoms with Crippen molar-refractivity contribution in [3.05, 3.63) is 77.6 Å². The molecular weight excluding hydrogens is 510 g/mol. The van der Waals surface area contributed by atoms with Crippen molar-refractivity contribution in [1.82, 2.24) is 20.1 Å². The van der Waals surface area contributed by atoms with Crippen LogP contribution < -0.4 is 15.4 Å². The van der Waals surface area contributed by atoms with Crippen molar-refractivity contribution < 1.29 is 14.3 Å². The molecule has 0 radical (unpaired) electrons. The molecule has 0 aliphatic heterocycles. The van der Waals surface area contributed by atoms with E-state index in [0.717, 1.165) is 5.75 Å². The molecule has 1 atom stereocenters. The third-order valence-corrected chi connectivity index (χ3v) is 6.58. The van der Waals surface area contributed by atoms with Gasteiger partial charge in [-0.05, 0) is 55.7 Å². The molecule has 0 fully saturated rings. The number of hydrogen-bond acceptors (Lipinski definition) is 6. The number of halogens is 1. The van der Waals surface area contributed by atoms with Gasteiger partial charge in [0.1, 0.15) is 5.75 Å². The van der Waals surface area contributed by atoms with Crippen molar-refractivity contribution in [3.63, 3.8) is 0 Å². The minimum atomic E-state index is -0.400. The number of nitrogens with one attached hydrogen (secondary N) is 2. The molecule has 3 rings (SSSR count). The molecule has 8 nitrogen and oxygen atoms in total. The third kappa shape index (κ3) is 8.10. The molecule has 37 heavy (non-hydrogen) atoms. The summed E-state index contributed by atoms with van der Waals surface area (Å²) < 4.78 is 7.31. The number of carbonyl (C=O) groups excluding carboxylic acids is 2. The Hall–Kier alpha value is -3.30. The lowest BCUT2D eigenvalue weighted by Crippen LogP contribution is -2.32. The van der Waals surface area contributed by atoms with Crippen molar-refractivity contribution >= 4 is 40.9 Å². The van der Waals surface area contributed by atoms with Crippen LogP contribution in [0.25, 0.3) is 0 Å². The van der Waals surface area contributed by atoms with Crippen LogP contribution >= 0.6 is 23.4 Å². The second-order valence-electron chi connectivity index (χ2n) is 8.67. The third-order valence-electron chi connectivity index (χ3n) is 5.28. The van der Waals surface area contributed by atoms with E-state index >= 15 is 0 Å². The van der Waals surface area contributed by atoms with Crippen molar-refractivity contribution in [1.29, 1.82) is 0 Å². The lowest BCUT2D eigenvalue weighted by atomic mass is 10.0. The van der Waals surface area contributed by atoms with Crippen LogP contribution in [0.15, 0.2) is 66.3 Å². The summed E-state index contributed by atoms with van der Waals surface area (Å²) in [6.07, 6.45) is 2.38. The van der Waals surface area contributed by atoms with Crippen molar-refractivity contribution in [2.75, 3.05) is 17.7 Å². The second kappa shape index (κ2) is 13.9. The van der Waals surface area contributed by atoms with Gasteiger partial charge in [-0.2, -0.15) is 0 Å². The Kier molecular flexibility index (Phi) is 10.6. The number of anilines is 1. The monoisotopic (exact) mass is 541 g/mol. The predicted octanol–water partition coefficient (Wildman–Crippen LogP) is 5.76. The number of hydrogen-bond donors (Lipinski definition) is 2. The second-order valence-corrected chi connectivity index (χ2v) is 10.0. The van der Waals surface area contributed by atoms with E-state index in [-0.39, 0.29) is 23.5 Å². The zero-order valence-electron chi connectivity index (χ0n) is 21.2. The van der Waals surface area contributed by atoms with Crippen LogP contribution in [0.4, 0.5) is 5.69 Å². The highest BCUT2D eigenvalue weighted by Crippen LogP contribution is 2.26. The molecule has 1 heterocycles. The molecule has 3 aromatic rings. The summed E-state index contributed by atoms with van der Waals surface area (Å²) in [4.78, 5) is 25.6. The summed E-state index contributed by atoms with van der Waals surface area (Å²) in [6, 6.07) is 13.7. The maximum absolute atomic E-state index is 13.0. The number of aromatic nitrogens is 3. The summed E-state index contributed by atoms with van der Waals surface area (Å²) in [6.45, 7) is 10.9. The van der Waals surface area contributed by atoms with E-state index in [1.54, 1.807) is 42.5 Å². The highest BCUT2D eigenvalue weighted by Gasteiger charge is 2.25. The van der Waals surface area contributed by atoms with Gasteiger partial charge in [0.15, 0.2) is 11.0 Å². The number of nitrogens with zero attached hydrogens (tertiary/aromatic N) is 3. The van der Waals surface area contributed by atoms with Crippen LogP contribution in [0.1, 0.15) is 49.4 Å². The Morgan fingerprint density at radius 2 is 1.89 bits per heavy atom. The fourth-order valence-electron chi connectivity index (χ4n) is 3.68. The number of carbonyl (C=O) groups is 2. The van der Waals surface area contributed by atoms with E-state index in [2.05, 4.69) is 41.3 Å². The first-order valence-electron chi connectivity index (χ1n) is 12.1. The van der Waals surface area contributed by atoms with Crippen LogP contribution in [0.2, 0.25) is 5.02 Å². The van der Waals surface area contributed by atoms with Crippen LogP contribution in [-0.4, -0.2) is 38.9 Å². The molecule has 2 amide bonds. The molecule has 196 valence electrons. The largest absolute Gasteiger partial charge is 0.494 e.